The van der Waals surface area contributed by atoms with Crippen molar-refractivity contribution in [2.75, 3.05) is 7.11 Å². The number of nitrogens with one attached hydrogen (secondary N) is 5. The molecule has 1 unspecified atom stereocenters. The van der Waals surface area contributed by atoms with Crippen molar-refractivity contribution in [1.29, 1.82) is 0 Å². The number of ether oxygens (including phenoxy) is 8. The number of carbonyl (C=O) groups excluding carboxylic acids is 4. The molecule has 41 nitrogen and oxygen atoms in total. The summed E-state index contributed by atoms with van der Waals surface area (Å²) < 4.78 is 52.3. The maximum atomic E-state index is 12.3. The molecule has 748 valence electrons. The van der Waals surface area contributed by atoms with Gasteiger partial charge in [-0.1, -0.05) is 119 Å². The van der Waals surface area contributed by atoms with Crippen LogP contribution in [-0.2, 0) is 125 Å². The van der Waals surface area contributed by atoms with Crippen molar-refractivity contribution in [2.24, 2.45) is 51.9 Å². The lowest BCUT2D eigenvalue weighted by molar-refractivity contribution is -0.144. The van der Waals surface area contributed by atoms with Crippen molar-refractivity contribution >= 4 is 48.2 Å². The molecular formula is C100H123N21O20. The summed E-state index contributed by atoms with van der Waals surface area (Å²) in [6, 6.07) is 42.8. The van der Waals surface area contributed by atoms with Crippen LogP contribution >= 0.6 is 0 Å². The molecule has 3 aromatic carbocycles. The second kappa shape index (κ2) is 51.0. The fraction of sp³-hybridized carbons (Fsp3) is 0.460. The molecule has 141 heavy (non-hydrogen) atoms. The lowest BCUT2D eigenvalue weighted by atomic mass is 9.87. The Kier molecular flexibility index (Phi) is 37.4. The van der Waals surface area contributed by atoms with Crippen molar-refractivity contribution in [3.63, 3.8) is 0 Å². The van der Waals surface area contributed by atoms with E-state index >= 15 is 0 Å². The first kappa shape index (κ1) is 103. The van der Waals surface area contributed by atoms with Gasteiger partial charge in [-0.15, -0.1) is 20.4 Å². The number of aliphatic carboxylic acids is 4. The van der Waals surface area contributed by atoms with E-state index in [4.69, 9.17) is 47.9 Å². The van der Waals surface area contributed by atoms with Gasteiger partial charge in [-0.2, -0.15) is 0 Å². The van der Waals surface area contributed by atoms with Gasteiger partial charge in [-0.3, -0.25) is 19.2 Å². The average molecular weight is 1940 g/mol. The van der Waals surface area contributed by atoms with Gasteiger partial charge in [0.15, 0.2) is 0 Å². The predicted molar refractivity (Wildman–Crippen MR) is 511 cm³/mol. The third-order valence-corrected chi connectivity index (χ3v) is 25.3. The third-order valence-electron chi connectivity index (χ3n) is 25.3. The topological polar surface area (TPSA) is 526 Å². The molecule has 0 bridgehead atoms. The number of hydrogen-bond donors (Lipinski definition) is 9. The van der Waals surface area contributed by atoms with Crippen LogP contribution in [-0.4, -0.2) is 186 Å². The summed E-state index contributed by atoms with van der Waals surface area (Å²) in [5.74, 6) is -2.07. The largest absolute Gasteiger partial charge is 0.489 e. The number of pyridine rings is 4. The van der Waals surface area contributed by atoms with Crippen molar-refractivity contribution in [1.82, 2.24) is 106 Å². The van der Waals surface area contributed by atoms with Gasteiger partial charge in [-0.25, -0.2) is 57.8 Å². The van der Waals surface area contributed by atoms with Crippen molar-refractivity contribution < 1.29 is 96.7 Å². The third kappa shape index (κ3) is 29.8. The van der Waals surface area contributed by atoms with Gasteiger partial charge in [0.1, 0.15) is 70.8 Å². The van der Waals surface area contributed by atoms with Crippen LogP contribution in [0.4, 0.5) is 19.2 Å². The second-order valence-electron chi connectivity index (χ2n) is 35.4. The minimum Gasteiger partial charge on any atom is -0.489 e. The van der Waals surface area contributed by atoms with E-state index in [1.807, 2.05) is 148 Å². The van der Waals surface area contributed by atoms with E-state index in [-0.39, 0.29) is 100 Å². The number of carboxylic acids is 4. The van der Waals surface area contributed by atoms with Crippen LogP contribution in [0.5, 0.6) is 23.0 Å². The second-order valence-corrected chi connectivity index (χ2v) is 35.4. The summed E-state index contributed by atoms with van der Waals surface area (Å²) in [6.07, 6.45) is 13.8. The van der Waals surface area contributed by atoms with E-state index in [1.54, 1.807) is 66.2 Å². The van der Waals surface area contributed by atoms with Crippen LogP contribution < -0.4 is 45.5 Å². The lowest BCUT2D eigenvalue weighted by Gasteiger charge is -2.28. The van der Waals surface area contributed by atoms with Crippen LogP contribution in [0.1, 0.15) is 198 Å². The Bertz CT molecular complexity index is 6030. The highest BCUT2D eigenvalue weighted by molar-refractivity contribution is 5.75. The summed E-state index contributed by atoms with van der Waals surface area (Å²) >= 11 is 0. The normalized spacial score (nSPS) is 18.2. The monoisotopic (exact) mass is 1940 g/mol. The van der Waals surface area contributed by atoms with Gasteiger partial charge in [-0.05, 0) is 214 Å². The van der Waals surface area contributed by atoms with Crippen molar-refractivity contribution in [3.8, 4) is 68.5 Å². The Morgan fingerprint density at radius 1 is 0.340 bits per heavy atom. The van der Waals surface area contributed by atoms with Crippen LogP contribution in [0.3, 0.4) is 0 Å². The number of amides is 5. The van der Waals surface area contributed by atoms with Gasteiger partial charge in [0.25, 0.3) is 0 Å². The van der Waals surface area contributed by atoms with Gasteiger partial charge in [0, 0.05) is 41.8 Å². The Morgan fingerprint density at radius 3 is 0.993 bits per heavy atom. The zero-order chi connectivity index (χ0) is 99.9. The first-order valence-corrected chi connectivity index (χ1v) is 47.7. The van der Waals surface area contributed by atoms with E-state index in [2.05, 4.69) is 77.8 Å². The molecule has 0 spiro atoms. The van der Waals surface area contributed by atoms with Gasteiger partial charge < -0.3 is 84.9 Å². The van der Waals surface area contributed by atoms with Gasteiger partial charge in [0.05, 0.1) is 144 Å². The highest BCUT2D eigenvalue weighted by atomic mass is 16.6. The van der Waals surface area contributed by atoms with Gasteiger partial charge >= 0.3 is 48.2 Å². The Labute approximate surface area is 815 Å². The molecule has 11 aromatic rings. The number of methoxy groups -OCH3 is 1. The van der Waals surface area contributed by atoms with E-state index < -0.39 is 48.1 Å². The molecule has 0 saturated heterocycles. The van der Waals surface area contributed by atoms with Crippen LogP contribution in [0.25, 0.3) is 45.6 Å². The van der Waals surface area contributed by atoms with E-state index in [0.717, 1.165) is 111 Å². The first-order valence-electron chi connectivity index (χ1n) is 47.7. The van der Waals surface area contributed by atoms with E-state index in [9.17, 15) is 58.8 Å². The predicted octanol–water partition coefficient (Wildman–Crippen LogP) is 13.9. The van der Waals surface area contributed by atoms with Crippen molar-refractivity contribution in [2.45, 2.75) is 239 Å². The number of urea groups is 1. The number of benzene rings is 3. The number of carbonyl (C=O) groups is 8. The Hall–Kier alpha value is -15.1. The molecule has 5 aliphatic carbocycles. The molecule has 0 aliphatic heterocycles. The van der Waals surface area contributed by atoms with Crippen LogP contribution in [0.15, 0.2) is 140 Å². The number of carboxylic acid groups (broad SMARTS) is 4. The number of aryl methyl sites for hydroxylation is 7. The number of nitrogens with zero attached hydrogens (tertiary/aromatic N) is 16. The average Bonchev–Trinajstić information content (AvgIpc) is 1.70. The van der Waals surface area contributed by atoms with E-state index in [1.165, 1.54) is 0 Å². The molecule has 0 radical (unpaired) electrons. The molecule has 5 fully saturated rings. The minimum absolute atomic E-state index is 0.000866. The zero-order valence-electron chi connectivity index (χ0n) is 80.5. The van der Waals surface area contributed by atoms with Crippen LogP contribution in [0.2, 0.25) is 0 Å². The zero-order valence-corrected chi connectivity index (χ0v) is 80.5. The fourth-order valence-corrected chi connectivity index (χ4v) is 17.5. The Balaban J connectivity index is 0.000000158. The summed E-state index contributed by atoms with van der Waals surface area (Å²) in [6.45, 7) is 7.45. The molecule has 16 rings (SSSR count). The van der Waals surface area contributed by atoms with Gasteiger partial charge in [0.2, 0.25) is 0 Å². The summed E-state index contributed by atoms with van der Waals surface area (Å²) in [5, 5.41) is 84.7. The molecule has 8 atom stereocenters. The van der Waals surface area contributed by atoms with Crippen LogP contribution in [0, 0.1) is 37.5 Å². The summed E-state index contributed by atoms with van der Waals surface area (Å²) in [5.41, 5.74) is 12.9. The number of rotatable bonds is 34. The highest BCUT2D eigenvalue weighted by Gasteiger charge is 2.35. The standard InChI is InChI=1S/C26H31N5O6.C26H31N5O5.C25H30N6O4.C23H31N5O5/c1-31-22(14-27-26(34)36-15-17-7-4-3-5-8-17)24(29-30-31)20-11-12-23(21(28-20)16-35-2)37-19-10-6-9-18(13-19)25(32)33;1-3-20-23(36-19-11-7-10-18(14-19)25(32)33)13-12-21(28-20)24-22(31(2)30-29-24)15-27-26(34)35-16-17-8-5-4-6-9-17;1-16-22(35-19-10-6-9-18(13-19)24(32)33)12-11-20(28-16)23-21(31(2)30-29-23)15-27-25(34)26-14-17-7-4-3-5-8-17;1-14-20(32-17-9-5-6-15(12-17)22(29)30)11-10-18(25-14)21-19(28(2)27-26-21)13-24-23(31)33-16-7-3-4-8-16/h3-5,7-8,11-12,18-19H,6,9-10,13-16H2,1-2H3,(H,27,34)(H,32,33);4-6,8-9,12-13,18-19H,3,7,10-11,14-16H2,1-2H3,(H,27,34)(H,32,33);3-5,7-8,11-12,18-19H,6,9-10,13-15H2,1-2H3,(H,32,33)(H2,26,27,34);10-11,15-17H,3-9,12-13H2,1-2H3,(H,24,31)(H,29,30)/t3*18-,19-;15?,17-/m0000/s1. The number of alkyl carbamates (subject to hydrolysis) is 3. The summed E-state index contributed by atoms with van der Waals surface area (Å²) in [4.78, 5) is 113. The molecule has 9 N–H and O–H groups in total. The molecule has 5 saturated carbocycles. The molecule has 8 heterocycles. The molecular weight excluding hydrogens is 1820 g/mol. The highest BCUT2D eigenvalue weighted by Crippen LogP contribution is 2.38. The molecule has 5 amide bonds. The summed E-state index contributed by atoms with van der Waals surface area (Å²) in [7, 11) is 8.59. The lowest BCUT2D eigenvalue weighted by Crippen LogP contribution is -2.35. The molecule has 5 aliphatic rings. The quantitative estimate of drug-likeness (QED) is 0.0169. The van der Waals surface area contributed by atoms with E-state index in [0.29, 0.717) is 161 Å². The molecule has 41 heteroatoms. The maximum absolute atomic E-state index is 12.3. The number of aromatic nitrogens is 16. The smallest absolute Gasteiger partial charge is 0.407 e. The maximum Gasteiger partial charge on any atom is 0.407 e. The van der Waals surface area contributed by atoms with Crippen molar-refractivity contribution in [3.05, 3.63) is 202 Å². The Morgan fingerprint density at radius 2 is 0.645 bits per heavy atom. The minimum atomic E-state index is -0.786. The molecule has 8 aromatic heterocycles. The number of hydrogen-bond acceptors (Lipinski definition) is 28. The first-order chi connectivity index (χ1) is 68.2. The fourth-order valence-electron chi connectivity index (χ4n) is 17.5. The SMILES string of the molecule is CCc1nc(-c2nnn(C)c2CNC(=O)OCc2ccccc2)ccc1O[C@H]1CCC[C@H](C(=O)O)C1.COCc1nc(-c2nnn(C)c2CNC(=O)OCc2ccccc2)ccc1O[C@H]1CCC[C@H](C(=O)O)C1.Cc1nc(-c2nnn(C)c2CNC(=O)NCc2ccccc2)ccc1O[C@H]1CCC[C@H](C(=O)O)C1.Cc1nc(-c2nnn(C)c2CNC(=O)OC2CCCC2)ccc1O[C@H]1CCCC(C(=O)O)C1.